The van der Waals surface area contributed by atoms with Crippen LogP contribution in [-0.2, 0) is 6.54 Å². The van der Waals surface area contributed by atoms with E-state index in [-0.39, 0.29) is 17.0 Å². The second-order valence-electron chi connectivity index (χ2n) is 5.20. The van der Waals surface area contributed by atoms with Crippen LogP contribution in [0, 0.1) is 17.2 Å². The highest BCUT2D eigenvalue weighted by Crippen LogP contribution is 2.23. The molecule has 0 aliphatic carbocycles. The highest BCUT2D eigenvalue weighted by atomic mass is 32.1. The lowest BCUT2D eigenvalue weighted by atomic mass is 10.1. The number of hydrogen-bond acceptors (Lipinski definition) is 4. The van der Waals surface area contributed by atoms with Gasteiger partial charge in [-0.15, -0.1) is 0 Å². The number of pyridine rings is 1. The number of nitrogens with two attached hydrogens (primary N) is 1. The van der Waals surface area contributed by atoms with E-state index in [9.17, 15) is 4.79 Å². The predicted octanol–water partition coefficient (Wildman–Crippen LogP) is 2.32. The molecule has 0 aliphatic rings. The molecule has 0 amide bonds. The quantitative estimate of drug-likeness (QED) is 0.852. The van der Waals surface area contributed by atoms with Gasteiger partial charge in [0.15, 0.2) is 0 Å². The van der Waals surface area contributed by atoms with Crippen LogP contribution in [0.1, 0.15) is 12.5 Å². The summed E-state index contributed by atoms with van der Waals surface area (Å²) >= 11 is 5.00. The third kappa shape index (κ3) is 3.58. The lowest BCUT2D eigenvalue weighted by Crippen LogP contribution is -2.31. The molecule has 1 heterocycles. The average molecular weight is 327 g/mol. The molecule has 0 saturated heterocycles. The van der Waals surface area contributed by atoms with Gasteiger partial charge in [-0.3, -0.25) is 4.79 Å². The highest BCUT2D eigenvalue weighted by molar-refractivity contribution is 7.80. The molecule has 5 nitrogen and oxygen atoms in total. The first kappa shape index (κ1) is 16.7. The second-order valence-corrected chi connectivity index (χ2v) is 5.67. The summed E-state index contributed by atoms with van der Waals surface area (Å²) in [6.45, 7) is 2.17. The normalized spacial score (nSPS) is 11.5. The van der Waals surface area contributed by atoms with E-state index in [1.165, 1.54) is 10.6 Å². The zero-order valence-corrected chi connectivity index (χ0v) is 13.8. The van der Waals surface area contributed by atoms with Crippen molar-refractivity contribution < 1.29 is 4.74 Å². The largest absolute Gasteiger partial charge is 0.497 e. The Hall–Kier alpha value is -2.65. The molecule has 0 aliphatic heterocycles. The maximum Gasteiger partial charge on any atom is 0.268 e. The molecule has 2 rings (SSSR count). The van der Waals surface area contributed by atoms with Gasteiger partial charge in [-0.05, 0) is 24.3 Å². The van der Waals surface area contributed by atoms with Crippen molar-refractivity contribution in [3.63, 3.8) is 0 Å². The third-order valence-corrected chi connectivity index (χ3v) is 4.00. The van der Waals surface area contributed by atoms with Crippen LogP contribution < -0.4 is 16.0 Å². The van der Waals surface area contributed by atoms with Crippen molar-refractivity contribution in [2.24, 2.45) is 11.7 Å². The maximum atomic E-state index is 12.5. The van der Waals surface area contributed by atoms with E-state index < -0.39 is 0 Å². The summed E-state index contributed by atoms with van der Waals surface area (Å²) < 4.78 is 6.77. The molecule has 1 aromatic carbocycles. The van der Waals surface area contributed by atoms with E-state index in [0.29, 0.717) is 23.0 Å². The fraction of sp³-hybridized carbons (Fsp3) is 0.235. The van der Waals surface area contributed by atoms with E-state index in [1.807, 2.05) is 37.3 Å². The first-order valence-electron chi connectivity index (χ1n) is 7.05. The Balaban J connectivity index is 2.63. The van der Waals surface area contributed by atoms with Crippen molar-refractivity contribution in [2.45, 2.75) is 13.5 Å². The van der Waals surface area contributed by atoms with Crippen LogP contribution in [-0.4, -0.2) is 16.7 Å². The molecule has 0 radical (unpaired) electrons. The van der Waals surface area contributed by atoms with Gasteiger partial charge in [0.1, 0.15) is 17.4 Å². The summed E-state index contributed by atoms with van der Waals surface area (Å²) in [5.41, 5.74) is 6.92. The number of rotatable bonds is 5. The molecule has 118 valence electrons. The van der Waals surface area contributed by atoms with E-state index in [1.54, 1.807) is 13.2 Å². The van der Waals surface area contributed by atoms with Gasteiger partial charge in [-0.25, -0.2) is 0 Å². The number of thiocarbonyl (C=S) groups is 1. The van der Waals surface area contributed by atoms with Crippen LogP contribution >= 0.6 is 12.2 Å². The molecule has 0 saturated carbocycles. The van der Waals surface area contributed by atoms with Crippen LogP contribution in [0.4, 0.5) is 0 Å². The van der Waals surface area contributed by atoms with Gasteiger partial charge in [0.2, 0.25) is 0 Å². The van der Waals surface area contributed by atoms with Gasteiger partial charge in [0.05, 0.1) is 17.8 Å². The lowest BCUT2D eigenvalue weighted by Gasteiger charge is -2.17. The maximum absolute atomic E-state index is 12.5. The Kier molecular flexibility index (Phi) is 5.14. The molecule has 1 atom stereocenters. The second kappa shape index (κ2) is 7.07. The zero-order chi connectivity index (χ0) is 17.0. The van der Waals surface area contributed by atoms with Crippen molar-refractivity contribution in [2.75, 3.05) is 7.11 Å². The molecule has 1 aromatic heterocycles. The number of nitriles is 1. The van der Waals surface area contributed by atoms with E-state index >= 15 is 0 Å². The Morgan fingerprint density at radius 2 is 2.17 bits per heavy atom. The molecular formula is C17H17N3O2S. The molecule has 0 spiro atoms. The van der Waals surface area contributed by atoms with Crippen LogP contribution in [0.5, 0.6) is 5.75 Å². The molecule has 0 bridgehead atoms. The summed E-state index contributed by atoms with van der Waals surface area (Å²) in [5, 5.41) is 9.10. The molecule has 2 aromatic rings. The van der Waals surface area contributed by atoms with Gasteiger partial charge in [0, 0.05) is 18.0 Å². The Labute approximate surface area is 139 Å². The SMILES string of the molecule is COc1cccc(-c2ccc(C#N)c(=O)n2CC(C)C(N)=S)c1. The molecular weight excluding hydrogens is 310 g/mol. The molecule has 1 unspecified atom stereocenters. The minimum absolute atomic E-state index is 0.0896. The average Bonchev–Trinajstić information content (AvgIpc) is 2.56. The van der Waals surface area contributed by atoms with Crippen LogP contribution in [0.25, 0.3) is 11.3 Å². The van der Waals surface area contributed by atoms with Crippen molar-refractivity contribution in [3.8, 4) is 23.1 Å². The Bertz CT molecular complexity index is 836. The summed E-state index contributed by atoms with van der Waals surface area (Å²) in [4.78, 5) is 12.9. The molecule has 2 N–H and O–H groups in total. The van der Waals surface area contributed by atoms with Crippen molar-refractivity contribution in [1.29, 1.82) is 5.26 Å². The minimum atomic E-state index is -0.351. The molecule has 23 heavy (non-hydrogen) atoms. The number of benzene rings is 1. The number of nitrogens with zero attached hydrogens (tertiary/aromatic N) is 2. The van der Waals surface area contributed by atoms with E-state index in [4.69, 9.17) is 28.0 Å². The van der Waals surface area contributed by atoms with Crippen molar-refractivity contribution in [1.82, 2.24) is 4.57 Å². The first-order valence-corrected chi connectivity index (χ1v) is 7.46. The van der Waals surface area contributed by atoms with Crippen LogP contribution in [0.2, 0.25) is 0 Å². The van der Waals surface area contributed by atoms with Gasteiger partial charge in [0.25, 0.3) is 5.56 Å². The van der Waals surface area contributed by atoms with E-state index in [0.717, 1.165) is 5.56 Å². The summed E-state index contributed by atoms with van der Waals surface area (Å²) in [7, 11) is 1.58. The Morgan fingerprint density at radius 1 is 1.43 bits per heavy atom. The number of methoxy groups -OCH3 is 1. The lowest BCUT2D eigenvalue weighted by molar-refractivity contribution is 0.415. The van der Waals surface area contributed by atoms with Gasteiger partial charge in [-0.1, -0.05) is 31.3 Å². The topological polar surface area (TPSA) is 81.0 Å². The van der Waals surface area contributed by atoms with Crippen molar-refractivity contribution >= 4 is 17.2 Å². The monoisotopic (exact) mass is 327 g/mol. The predicted molar refractivity (Wildman–Crippen MR) is 93.4 cm³/mol. The molecule has 0 fully saturated rings. The summed E-state index contributed by atoms with van der Waals surface area (Å²) in [5.74, 6) is 0.522. The van der Waals surface area contributed by atoms with Gasteiger partial charge >= 0.3 is 0 Å². The number of hydrogen-bond donors (Lipinski definition) is 1. The van der Waals surface area contributed by atoms with Gasteiger partial charge in [-0.2, -0.15) is 5.26 Å². The number of ether oxygens (including phenoxy) is 1. The summed E-state index contributed by atoms with van der Waals surface area (Å²) in [6, 6.07) is 12.6. The standard InChI is InChI=1S/C17H17N3O2S/c1-11(16(19)23)10-20-15(7-6-13(9-18)17(20)21)12-4-3-5-14(8-12)22-2/h3-8,11H,10H2,1-2H3,(H2,19,23). The number of aromatic nitrogens is 1. The fourth-order valence-corrected chi connectivity index (χ4v) is 2.32. The zero-order valence-electron chi connectivity index (χ0n) is 12.9. The van der Waals surface area contributed by atoms with Gasteiger partial charge < -0.3 is 15.0 Å². The van der Waals surface area contributed by atoms with E-state index in [2.05, 4.69) is 0 Å². The summed E-state index contributed by atoms with van der Waals surface area (Å²) in [6.07, 6.45) is 0. The fourth-order valence-electron chi connectivity index (χ4n) is 2.24. The van der Waals surface area contributed by atoms with Crippen molar-refractivity contribution in [3.05, 3.63) is 52.3 Å². The third-order valence-electron chi connectivity index (χ3n) is 3.60. The van der Waals surface area contributed by atoms with Crippen LogP contribution in [0.15, 0.2) is 41.2 Å². The smallest absolute Gasteiger partial charge is 0.268 e. The van der Waals surface area contributed by atoms with Crippen LogP contribution in [0.3, 0.4) is 0 Å². The highest BCUT2D eigenvalue weighted by Gasteiger charge is 2.15. The molecule has 6 heteroatoms. The first-order chi connectivity index (χ1) is 11.0. The Morgan fingerprint density at radius 3 is 2.78 bits per heavy atom. The minimum Gasteiger partial charge on any atom is -0.497 e.